The van der Waals surface area contributed by atoms with E-state index in [0.29, 0.717) is 33.0 Å². The SMILES string of the molecule is COC(=O)Nc1ccc2c(c1)CC[C@@]21OC(=O)N(CC(=O)N(Cc2ccc(F)cc2)[C@@H](C)C(F)(F)F)C1=O. The smallest absolute Gasteiger partial charge is 0.418 e. The molecule has 1 saturated heterocycles. The molecule has 1 fully saturated rings. The average molecular weight is 537 g/mol. The van der Waals surface area contributed by atoms with Gasteiger partial charge >= 0.3 is 18.4 Å². The Labute approximate surface area is 214 Å². The molecule has 0 aromatic heterocycles. The molecule has 0 saturated carbocycles. The minimum atomic E-state index is -4.80. The largest absolute Gasteiger partial charge is 0.453 e. The van der Waals surface area contributed by atoms with Gasteiger partial charge in [-0.25, -0.2) is 18.9 Å². The van der Waals surface area contributed by atoms with Crippen molar-refractivity contribution in [2.24, 2.45) is 0 Å². The summed E-state index contributed by atoms with van der Waals surface area (Å²) in [7, 11) is 1.19. The van der Waals surface area contributed by atoms with Crippen molar-refractivity contribution in [2.75, 3.05) is 19.0 Å². The predicted octanol–water partition coefficient (Wildman–Crippen LogP) is 4.10. The first-order valence-corrected chi connectivity index (χ1v) is 11.5. The van der Waals surface area contributed by atoms with Crippen LogP contribution in [-0.4, -0.2) is 59.7 Å². The second-order valence-electron chi connectivity index (χ2n) is 8.94. The number of ether oxygens (including phenoxy) is 2. The second-order valence-corrected chi connectivity index (χ2v) is 8.94. The van der Waals surface area contributed by atoms with Crippen molar-refractivity contribution in [2.45, 2.75) is 44.1 Å². The molecule has 0 radical (unpaired) electrons. The molecular formula is C25H23F4N3O6. The van der Waals surface area contributed by atoms with E-state index in [0.717, 1.165) is 19.1 Å². The van der Waals surface area contributed by atoms with Crippen molar-refractivity contribution >= 4 is 29.7 Å². The van der Waals surface area contributed by atoms with Gasteiger partial charge in [0, 0.05) is 24.2 Å². The third-order valence-corrected chi connectivity index (χ3v) is 6.61. The molecule has 202 valence electrons. The number of amides is 4. The number of imide groups is 1. The lowest BCUT2D eigenvalue weighted by Gasteiger charge is -2.31. The summed E-state index contributed by atoms with van der Waals surface area (Å²) in [5.41, 5.74) is -0.156. The first-order chi connectivity index (χ1) is 17.9. The molecule has 0 bridgehead atoms. The van der Waals surface area contributed by atoms with Gasteiger partial charge in [-0.15, -0.1) is 0 Å². The molecule has 4 rings (SSSR count). The van der Waals surface area contributed by atoms with E-state index >= 15 is 0 Å². The molecule has 1 aliphatic heterocycles. The van der Waals surface area contributed by atoms with Gasteiger partial charge < -0.3 is 14.4 Å². The van der Waals surface area contributed by atoms with Crippen LogP contribution in [0.5, 0.6) is 0 Å². The molecule has 2 atom stereocenters. The minimum Gasteiger partial charge on any atom is -0.453 e. The van der Waals surface area contributed by atoms with Crippen LogP contribution in [0.2, 0.25) is 0 Å². The van der Waals surface area contributed by atoms with E-state index in [1.54, 1.807) is 6.07 Å². The predicted molar refractivity (Wildman–Crippen MR) is 123 cm³/mol. The Morgan fingerprint density at radius 3 is 2.50 bits per heavy atom. The van der Waals surface area contributed by atoms with E-state index in [9.17, 15) is 36.7 Å². The molecule has 9 nitrogen and oxygen atoms in total. The number of alkyl halides is 3. The zero-order valence-corrected chi connectivity index (χ0v) is 20.3. The molecule has 1 aliphatic carbocycles. The number of carbonyl (C=O) groups is 4. The molecule has 13 heteroatoms. The number of fused-ring (bicyclic) bond motifs is 2. The number of hydrogen-bond donors (Lipinski definition) is 1. The maximum absolute atomic E-state index is 13.6. The fraction of sp³-hybridized carbons (Fsp3) is 0.360. The second kappa shape index (κ2) is 9.95. The fourth-order valence-electron chi connectivity index (χ4n) is 4.53. The number of aryl methyl sites for hydroxylation is 1. The normalized spacial score (nSPS) is 19.3. The highest BCUT2D eigenvalue weighted by Crippen LogP contribution is 2.46. The highest BCUT2D eigenvalue weighted by atomic mass is 19.4. The topological polar surface area (TPSA) is 105 Å². The van der Waals surface area contributed by atoms with Crippen molar-refractivity contribution in [3.8, 4) is 0 Å². The van der Waals surface area contributed by atoms with Crippen molar-refractivity contribution in [1.82, 2.24) is 9.80 Å². The number of carbonyl (C=O) groups excluding carboxylic acids is 4. The molecule has 0 unspecified atom stereocenters. The first-order valence-electron chi connectivity index (χ1n) is 11.5. The number of rotatable bonds is 6. The van der Waals surface area contributed by atoms with Gasteiger partial charge in [0.05, 0.1) is 7.11 Å². The lowest BCUT2D eigenvalue weighted by molar-refractivity contribution is -0.187. The molecule has 2 aliphatic rings. The lowest BCUT2D eigenvalue weighted by atomic mass is 9.94. The van der Waals surface area contributed by atoms with E-state index < -0.39 is 60.7 Å². The van der Waals surface area contributed by atoms with Gasteiger partial charge in [0.25, 0.3) is 5.91 Å². The van der Waals surface area contributed by atoms with Crippen LogP contribution in [0, 0.1) is 5.82 Å². The molecule has 1 heterocycles. The zero-order valence-electron chi connectivity index (χ0n) is 20.3. The van der Waals surface area contributed by atoms with Crippen LogP contribution in [-0.2, 0) is 37.6 Å². The summed E-state index contributed by atoms with van der Waals surface area (Å²) in [5.74, 6) is -2.61. The Hall–Kier alpha value is -4.16. The summed E-state index contributed by atoms with van der Waals surface area (Å²) in [6, 6.07) is 6.88. The first kappa shape index (κ1) is 26.9. The van der Waals surface area contributed by atoms with Crippen LogP contribution >= 0.6 is 0 Å². The van der Waals surface area contributed by atoms with Crippen LogP contribution in [0.3, 0.4) is 0 Å². The molecule has 2 aromatic rings. The van der Waals surface area contributed by atoms with Crippen LogP contribution < -0.4 is 5.32 Å². The van der Waals surface area contributed by atoms with Crippen LogP contribution in [0.1, 0.15) is 30.0 Å². The number of benzene rings is 2. The van der Waals surface area contributed by atoms with Gasteiger partial charge in [-0.3, -0.25) is 14.9 Å². The van der Waals surface area contributed by atoms with Gasteiger partial charge in [-0.2, -0.15) is 13.2 Å². The van der Waals surface area contributed by atoms with Gasteiger partial charge in [0.2, 0.25) is 11.5 Å². The number of halogens is 4. The molecule has 1 spiro atoms. The summed E-state index contributed by atoms with van der Waals surface area (Å²) < 4.78 is 64.0. The van der Waals surface area contributed by atoms with E-state index in [1.807, 2.05) is 0 Å². The molecule has 2 aromatic carbocycles. The molecule has 38 heavy (non-hydrogen) atoms. The average Bonchev–Trinajstić information content (AvgIpc) is 3.34. The lowest BCUT2D eigenvalue weighted by Crippen LogP contribution is -2.51. The van der Waals surface area contributed by atoms with E-state index in [-0.39, 0.29) is 12.0 Å². The Morgan fingerprint density at radius 1 is 1.18 bits per heavy atom. The third kappa shape index (κ3) is 5.00. The van der Waals surface area contributed by atoms with Crippen LogP contribution in [0.25, 0.3) is 0 Å². The van der Waals surface area contributed by atoms with Gasteiger partial charge in [0.1, 0.15) is 18.4 Å². The number of hydrogen-bond acceptors (Lipinski definition) is 6. The zero-order chi connectivity index (χ0) is 27.8. The van der Waals surface area contributed by atoms with Crippen molar-refractivity contribution in [3.63, 3.8) is 0 Å². The molecule has 1 N–H and O–H groups in total. The summed E-state index contributed by atoms with van der Waals surface area (Å²) in [5, 5.41) is 2.49. The monoisotopic (exact) mass is 537 g/mol. The van der Waals surface area contributed by atoms with E-state index in [4.69, 9.17) is 4.74 Å². The third-order valence-electron chi connectivity index (χ3n) is 6.61. The Bertz CT molecular complexity index is 1280. The number of methoxy groups -OCH3 is 1. The molecule has 4 amide bonds. The maximum atomic E-state index is 13.6. The standard InChI is InChI=1S/C25H23F4N3O6/c1-14(25(27,28)29)31(12-15-3-5-17(26)6-4-15)20(33)13-32-21(34)24(38-23(32)36)10-9-16-11-18(7-8-19(16)24)30-22(35)37-2/h3-8,11,14H,9-10,12-13H2,1-2H3,(H,30,35)/t14-,24+/m0/s1. The summed E-state index contributed by atoms with van der Waals surface area (Å²) >= 11 is 0. The highest BCUT2D eigenvalue weighted by molar-refractivity contribution is 6.06. The van der Waals surface area contributed by atoms with E-state index in [1.165, 1.54) is 31.4 Å². The summed E-state index contributed by atoms with van der Waals surface area (Å²) in [4.78, 5) is 51.6. The number of nitrogens with one attached hydrogen (secondary N) is 1. The molecular weight excluding hydrogens is 514 g/mol. The van der Waals surface area contributed by atoms with Crippen molar-refractivity contribution in [1.29, 1.82) is 0 Å². The summed E-state index contributed by atoms with van der Waals surface area (Å²) in [6.07, 6.45) is -6.31. The van der Waals surface area contributed by atoms with Crippen LogP contribution in [0.15, 0.2) is 42.5 Å². The quantitative estimate of drug-likeness (QED) is 0.557. The van der Waals surface area contributed by atoms with Gasteiger partial charge in [-0.05, 0) is 48.7 Å². The number of anilines is 1. The Kier molecular flexibility index (Phi) is 7.04. The Balaban J connectivity index is 1.56. The van der Waals surface area contributed by atoms with Gasteiger partial charge in [-0.1, -0.05) is 18.2 Å². The maximum Gasteiger partial charge on any atom is 0.418 e. The van der Waals surface area contributed by atoms with Gasteiger partial charge in [0.15, 0.2) is 0 Å². The Morgan fingerprint density at radius 2 is 1.87 bits per heavy atom. The highest BCUT2D eigenvalue weighted by Gasteiger charge is 2.58. The number of nitrogens with zero attached hydrogens (tertiary/aromatic N) is 2. The minimum absolute atomic E-state index is 0.0531. The van der Waals surface area contributed by atoms with Crippen molar-refractivity contribution in [3.05, 3.63) is 65.0 Å². The van der Waals surface area contributed by atoms with Crippen molar-refractivity contribution < 1.29 is 46.2 Å². The van der Waals surface area contributed by atoms with E-state index in [2.05, 4.69) is 10.1 Å². The fourth-order valence-corrected chi connectivity index (χ4v) is 4.53. The summed E-state index contributed by atoms with van der Waals surface area (Å²) in [6.45, 7) is -0.723. The van der Waals surface area contributed by atoms with Crippen LogP contribution in [0.4, 0.5) is 32.8 Å².